The van der Waals surface area contributed by atoms with E-state index in [0.717, 1.165) is 5.56 Å². The van der Waals surface area contributed by atoms with E-state index in [-0.39, 0.29) is 13.0 Å². The Balaban J connectivity index is 1.78. The molecule has 2 heterocycles. The second kappa shape index (κ2) is 9.88. The van der Waals surface area contributed by atoms with Gasteiger partial charge in [-0.05, 0) is 38.0 Å². The van der Waals surface area contributed by atoms with E-state index in [1.54, 1.807) is 39.2 Å². The summed E-state index contributed by atoms with van der Waals surface area (Å²) < 4.78 is 94.0. The Kier molecular flexibility index (Phi) is 7.76. The maximum Gasteiger partial charge on any atom is 0.523 e. The molecule has 0 saturated carbocycles. The molecule has 2 aliphatic rings. The zero-order valence-electron chi connectivity index (χ0n) is 18.4. The van der Waals surface area contributed by atoms with E-state index in [4.69, 9.17) is 23.7 Å². The average Bonchev–Trinajstić information content (AvgIpc) is 3.06. The first-order chi connectivity index (χ1) is 15.4. The number of hydrogen-bond donors (Lipinski definition) is 0. The van der Waals surface area contributed by atoms with Crippen LogP contribution in [0.5, 0.6) is 5.75 Å². The van der Waals surface area contributed by atoms with Gasteiger partial charge in [0.15, 0.2) is 5.79 Å². The number of fused-ring (bicyclic) bond motifs is 1. The predicted octanol–water partition coefficient (Wildman–Crippen LogP) is 3.31. The van der Waals surface area contributed by atoms with Gasteiger partial charge < -0.3 is 23.7 Å². The van der Waals surface area contributed by atoms with Crippen LogP contribution in [0.3, 0.4) is 0 Å². The van der Waals surface area contributed by atoms with E-state index < -0.39 is 58.5 Å². The molecule has 2 aliphatic heterocycles. The van der Waals surface area contributed by atoms with Gasteiger partial charge in [-0.3, -0.25) is 4.18 Å². The molecule has 0 N–H and O–H groups in total. The molecule has 0 amide bonds. The highest BCUT2D eigenvalue weighted by atomic mass is 32.2. The molecule has 33 heavy (non-hydrogen) atoms. The van der Waals surface area contributed by atoms with Crippen molar-refractivity contribution in [3.63, 3.8) is 0 Å². The normalized spacial score (nSPS) is 29.5. The van der Waals surface area contributed by atoms with Gasteiger partial charge in [-0.2, -0.15) is 21.6 Å². The maximum absolute atomic E-state index is 12.7. The van der Waals surface area contributed by atoms with Crippen LogP contribution in [0.15, 0.2) is 36.9 Å². The molecule has 186 valence electrons. The van der Waals surface area contributed by atoms with Gasteiger partial charge in [-0.1, -0.05) is 18.2 Å². The Morgan fingerprint density at radius 1 is 1.12 bits per heavy atom. The van der Waals surface area contributed by atoms with Crippen LogP contribution < -0.4 is 4.74 Å². The monoisotopic (exact) mass is 496 g/mol. The highest BCUT2D eigenvalue weighted by molar-refractivity contribution is 7.87. The van der Waals surface area contributed by atoms with Gasteiger partial charge in [-0.25, -0.2) is 0 Å². The van der Waals surface area contributed by atoms with E-state index >= 15 is 0 Å². The van der Waals surface area contributed by atoms with Crippen LogP contribution in [-0.4, -0.2) is 63.9 Å². The standard InChI is InChI=1S/C21H27F3O8S/c1-5-6-15-17(28-11-13-7-9-14(27-4)10-8-13)19-18(31-20(2,3)32-19)16(30-15)12-29-33(25,26)21(22,23)24/h5,7-10,15-19H,1,6,11-12H2,2-4H3/t15-,16-,17+,18+,19-/m1/s1. The largest absolute Gasteiger partial charge is 0.523 e. The minimum absolute atomic E-state index is 0.197. The second-order valence-corrected chi connectivity index (χ2v) is 9.72. The van der Waals surface area contributed by atoms with Gasteiger partial charge in [0, 0.05) is 0 Å². The van der Waals surface area contributed by atoms with E-state index in [9.17, 15) is 21.6 Å². The molecule has 2 fully saturated rings. The quantitative estimate of drug-likeness (QED) is 0.292. The van der Waals surface area contributed by atoms with Crippen LogP contribution >= 0.6 is 0 Å². The molecule has 0 radical (unpaired) electrons. The highest BCUT2D eigenvalue weighted by Gasteiger charge is 2.56. The fourth-order valence-corrected chi connectivity index (χ4v) is 4.22. The fraction of sp³-hybridized carbons (Fsp3) is 0.619. The molecule has 2 saturated heterocycles. The van der Waals surface area contributed by atoms with Gasteiger partial charge in [0.05, 0.1) is 26.4 Å². The lowest BCUT2D eigenvalue weighted by Gasteiger charge is -2.42. The maximum atomic E-state index is 12.7. The lowest BCUT2D eigenvalue weighted by Crippen LogP contribution is -2.58. The molecule has 1 aromatic rings. The van der Waals surface area contributed by atoms with Crippen molar-refractivity contribution >= 4 is 10.1 Å². The third-order valence-electron chi connectivity index (χ3n) is 5.24. The topological polar surface area (TPSA) is 89.5 Å². The van der Waals surface area contributed by atoms with Crippen LogP contribution in [-0.2, 0) is 39.9 Å². The Bertz CT molecular complexity index is 916. The molecular formula is C21H27F3O8S. The van der Waals surface area contributed by atoms with Crippen molar-refractivity contribution in [3.8, 4) is 5.75 Å². The lowest BCUT2D eigenvalue weighted by molar-refractivity contribution is -0.211. The summed E-state index contributed by atoms with van der Waals surface area (Å²) in [5.41, 5.74) is -4.69. The zero-order valence-corrected chi connectivity index (χ0v) is 19.2. The van der Waals surface area contributed by atoms with Crippen molar-refractivity contribution in [1.82, 2.24) is 0 Å². The molecule has 12 heteroatoms. The summed E-state index contributed by atoms with van der Waals surface area (Å²) in [7, 11) is -4.23. The summed E-state index contributed by atoms with van der Waals surface area (Å²) in [6, 6.07) is 7.23. The summed E-state index contributed by atoms with van der Waals surface area (Å²) in [6.07, 6.45) is -2.28. The number of benzene rings is 1. The van der Waals surface area contributed by atoms with Crippen molar-refractivity contribution < 1.29 is 49.5 Å². The molecule has 0 aromatic heterocycles. The number of halogens is 3. The number of methoxy groups -OCH3 is 1. The third kappa shape index (κ3) is 6.06. The van der Waals surface area contributed by atoms with Gasteiger partial charge in [0.2, 0.25) is 0 Å². The minimum atomic E-state index is -5.79. The van der Waals surface area contributed by atoms with Crippen molar-refractivity contribution in [2.24, 2.45) is 0 Å². The summed E-state index contributed by atoms with van der Waals surface area (Å²) in [6.45, 7) is 6.27. The van der Waals surface area contributed by atoms with Crippen molar-refractivity contribution in [2.45, 2.75) is 68.7 Å². The third-order valence-corrected chi connectivity index (χ3v) is 6.25. The van der Waals surface area contributed by atoms with Gasteiger partial charge in [0.1, 0.15) is 30.2 Å². The van der Waals surface area contributed by atoms with E-state index in [0.29, 0.717) is 5.75 Å². The Morgan fingerprint density at radius 2 is 1.76 bits per heavy atom. The Labute approximate surface area is 190 Å². The van der Waals surface area contributed by atoms with Crippen LogP contribution in [0.4, 0.5) is 13.2 Å². The van der Waals surface area contributed by atoms with Crippen molar-refractivity contribution in [1.29, 1.82) is 0 Å². The fourth-order valence-electron chi connectivity index (χ4n) is 3.78. The van der Waals surface area contributed by atoms with Crippen LogP contribution in [0.2, 0.25) is 0 Å². The lowest BCUT2D eigenvalue weighted by atomic mass is 9.93. The molecular weight excluding hydrogens is 469 g/mol. The summed E-state index contributed by atoms with van der Waals surface area (Å²) in [4.78, 5) is 0. The molecule has 0 aliphatic carbocycles. The van der Waals surface area contributed by atoms with Crippen molar-refractivity contribution in [2.75, 3.05) is 13.7 Å². The van der Waals surface area contributed by atoms with Crippen LogP contribution in [0.1, 0.15) is 25.8 Å². The first kappa shape index (κ1) is 25.9. The number of ether oxygens (including phenoxy) is 5. The number of hydrogen-bond acceptors (Lipinski definition) is 8. The average molecular weight is 497 g/mol. The zero-order chi connectivity index (χ0) is 24.4. The minimum Gasteiger partial charge on any atom is -0.497 e. The molecule has 3 rings (SSSR count). The van der Waals surface area contributed by atoms with E-state index in [1.807, 2.05) is 12.1 Å². The molecule has 0 unspecified atom stereocenters. The summed E-state index contributed by atoms with van der Waals surface area (Å²) in [5.74, 6) is -0.403. The SMILES string of the molecule is C=CC[C@H]1O[C@H](COS(=O)(=O)C(F)(F)F)[C@@H]2OC(C)(C)O[C@@H]2[C@H]1OCc1ccc(OC)cc1. The van der Waals surface area contributed by atoms with E-state index in [2.05, 4.69) is 10.8 Å². The summed E-state index contributed by atoms with van der Waals surface area (Å²) in [5, 5.41) is 0. The molecule has 0 spiro atoms. The van der Waals surface area contributed by atoms with Gasteiger partial charge in [-0.15, -0.1) is 6.58 Å². The highest BCUT2D eigenvalue weighted by Crippen LogP contribution is 2.40. The Morgan fingerprint density at radius 3 is 2.33 bits per heavy atom. The number of rotatable bonds is 9. The van der Waals surface area contributed by atoms with Crippen LogP contribution in [0, 0.1) is 0 Å². The second-order valence-electron chi connectivity index (χ2n) is 8.11. The molecule has 0 bridgehead atoms. The van der Waals surface area contributed by atoms with Gasteiger partial charge >= 0.3 is 15.6 Å². The van der Waals surface area contributed by atoms with E-state index in [1.165, 1.54) is 0 Å². The predicted molar refractivity (Wildman–Crippen MR) is 110 cm³/mol. The first-order valence-electron chi connectivity index (χ1n) is 10.2. The number of alkyl halides is 3. The molecule has 8 nitrogen and oxygen atoms in total. The Hall–Kier alpha value is -1.70. The van der Waals surface area contributed by atoms with Gasteiger partial charge in [0.25, 0.3) is 0 Å². The van der Waals surface area contributed by atoms with Crippen molar-refractivity contribution in [3.05, 3.63) is 42.5 Å². The van der Waals surface area contributed by atoms with Crippen LogP contribution in [0.25, 0.3) is 0 Å². The molecule has 1 aromatic carbocycles. The summed E-state index contributed by atoms with van der Waals surface area (Å²) >= 11 is 0. The molecule has 5 atom stereocenters. The first-order valence-corrected chi connectivity index (χ1v) is 11.6. The smallest absolute Gasteiger partial charge is 0.497 e.